The molecular weight excluding hydrogens is 374 g/mol. The normalized spacial score (nSPS) is 24.8. The molecule has 28 heavy (non-hydrogen) atoms. The molecule has 0 unspecified atom stereocenters. The Labute approximate surface area is 168 Å². The molecule has 2 saturated heterocycles. The lowest BCUT2D eigenvalue weighted by Crippen LogP contribution is -2.48. The SMILES string of the molecule is O=C(c1ccc2n(c1=O)C[C@H]1C[C@@H]2CN(Cc2ccoc2)C1)N1CCSCC1. The number of carbonyl (C=O) groups is 1. The lowest BCUT2D eigenvalue weighted by atomic mass is 9.83. The van der Waals surface area contributed by atoms with Crippen molar-refractivity contribution < 1.29 is 9.21 Å². The van der Waals surface area contributed by atoms with Crippen LogP contribution in [0.15, 0.2) is 39.9 Å². The van der Waals surface area contributed by atoms with E-state index in [2.05, 4.69) is 4.90 Å². The second-order valence-corrected chi connectivity index (χ2v) is 9.34. The van der Waals surface area contributed by atoms with Gasteiger partial charge in [-0.25, -0.2) is 0 Å². The van der Waals surface area contributed by atoms with Crippen LogP contribution in [-0.4, -0.2) is 58.0 Å². The Morgan fingerprint density at radius 2 is 2.00 bits per heavy atom. The van der Waals surface area contributed by atoms with E-state index in [4.69, 9.17) is 4.42 Å². The average molecular weight is 400 g/mol. The molecule has 2 aromatic heterocycles. The maximum absolute atomic E-state index is 13.2. The molecule has 6 nitrogen and oxygen atoms in total. The zero-order valence-electron chi connectivity index (χ0n) is 15.9. The maximum Gasteiger partial charge on any atom is 0.263 e. The van der Waals surface area contributed by atoms with Crippen LogP contribution >= 0.6 is 11.8 Å². The molecule has 5 heterocycles. The highest BCUT2D eigenvalue weighted by molar-refractivity contribution is 7.99. The third-order valence-corrected chi connectivity index (χ3v) is 7.14. The first-order valence-corrected chi connectivity index (χ1v) is 11.2. The van der Waals surface area contributed by atoms with Crippen LogP contribution in [-0.2, 0) is 13.1 Å². The van der Waals surface area contributed by atoms with Crippen molar-refractivity contribution in [2.24, 2.45) is 5.92 Å². The first-order valence-electron chi connectivity index (χ1n) is 10.0. The summed E-state index contributed by atoms with van der Waals surface area (Å²) in [6.07, 6.45) is 4.65. The van der Waals surface area contributed by atoms with Gasteiger partial charge in [-0.3, -0.25) is 14.5 Å². The van der Waals surface area contributed by atoms with E-state index < -0.39 is 0 Å². The van der Waals surface area contributed by atoms with Gasteiger partial charge in [0.05, 0.1) is 12.5 Å². The predicted octanol–water partition coefficient (Wildman–Crippen LogP) is 2.25. The number of fused-ring (bicyclic) bond motifs is 4. The fourth-order valence-corrected chi connectivity index (χ4v) is 5.82. The monoisotopic (exact) mass is 399 g/mol. The summed E-state index contributed by atoms with van der Waals surface area (Å²) in [5.41, 5.74) is 2.52. The minimum atomic E-state index is -0.0992. The lowest BCUT2D eigenvalue weighted by Gasteiger charge is -2.42. The van der Waals surface area contributed by atoms with Gasteiger partial charge in [0.2, 0.25) is 0 Å². The van der Waals surface area contributed by atoms with E-state index in [1.54, 1.807) is 18.6 Å². The number of furan rings is 1. The molecule has 2 aromatic rings. The summed E-state index contributed by atoms with van der Waals surface area (Å²) in [4.78, 5) is 30.3. The molecule has 5 rings (SSSR count). The largest absolute Gasteiger partial charge is 0.472 e. The number of hydrogen-bond donors (Lipinski definition) is 0. The van der Waals surface area contributed by atoms with Crippen molar-refractivity contribution in [3.05, 3.63) is 57.9 Å². The number of pyridine rings is 1. The van der Waals surface area contributed by atoms with E-state index >= 15 is 0 Å². The highest BCUT2D eigenvalue weighted by Gasteiger charge is 2.35. The van der Waals surface area contributed by atoms with Gasteiger partial charge in [0.25, 0.3) is 11.5 Å². The lowest BCUT2D eigenvalue weighted by molar-refractivity contribution is 0.0767. The first-order chi connectivity index (χ1) is 13.7. The Bertz CT molecular complexity index is 917. The van der Waals surface area contributed by atoms with E-state index in [0.29, 0.717) is 23.9 Å². The Hall–Kier alpha value is -1.99. The molecule has 0 saturated carbocycles. The molecule has 148 valence electrons. The van der Waals surface area contributed by atoms with Gasteiger partial charge in [-0.1, -0.05) is 0 Å². The summed E-state index contributed by atoms with van der Waals surface area (Å²) in [6, 6.07) is 5.81. The molecule has 0 spiro atoms. The van der Waals surface area contributed by atoms with E-state index in [9.17, 15) is 9.59 Å². The molecule has 2 atom stereocenters. The number of amides is 1. The van der Waals surface area contributed by atoms with E-state index in [0.717, 1.165) is 56.3 Å². The summed E-state index contributed by atoms with van der Waals surface area (Å²) in [5, 5.41) is 0. The zero-order valence-corrected chi connectivity index (χ0v) is 16.7. The highest BCUT2D eigenvalue weighted by Crippen LogP contribution is 2.35. The Morgan fingerprint density at radius 3 is 2.79 bits per heavy atom. The number of likely N-dealkylation sites (tertiary alicyclic amines) is 1. The summed E-state index contributed by atoms with van der Waals surface area (Å²) in [5.74, 6) is 2.61. The Morgan fingerprint density at radius 1 is 1.14 bits per heavy atom. The van der Waals surface area contributed by atoms with Gasteiger partial charge in [0.1, 0.15) is 5.56 Å². The number of thioether (sulfide) groups is 1. The van der Waals surface area contributed by atoms with Gasteiger partial charge >= 0.3 is 0 Å². The van der Waals surface area contributed by atoms with Crippen LogP contribution in [0, 0.1) is 5.92 Å². The van der Waals surface area contributed by atoms with Gasteiger partial charge in [0.15, 0.2) is 0 Å². The number of nitrogens with zero attached hydrogens (tertiary/aromatic N) is 3. The van der Waals surface area contributed by atoms with Crippen molar-refractivity contribution in [1.82, 2.24) is 14.4 Å². The van der Waals surface area contributed by atoms with Crippen LogP contribution in [0.25, 0.3) is 0 Å². The number of aromatic nitrogens is 1. The van der Waals surface area contributed by atoms with Crippen LogP contribution in [0.4, 0.5) is 0 Å². The number of carbonyl (C=O) groups excluding carboxylic acids is 1. The van der Waals surface area contributed by atoms with Crippen molar-refractivity contribution in [3.63, 3.8) is 0 Å². The van der Waals surface area contributed by atoms with Gasteiger partial charge in [-0.05, 0) is 30.5 Å². The standard InChI is InChI=1S/C21H25N3O3S/c25-20(23-4-7-28-8-5-23)18-1-2-19-17-9-16(12-24(19)21(18)26)11-22(13-17)10-15-3-6-27-14-15/h1-3,6,14,16-17H,4-5,7-13H2/t16-,17+/m0/s1. The second kappa shape index (κ2) is 7.44. The maximum atomic E-state index is 13.2. The van der Waals surface area contributed by atoms with E-state index in [1.165, 1.54) is 5.56 Å². The molecule has 7 heteroatoms. The van der Waals surface area contributed by atoms with Crippen molar-refractivity contribution in [2.45, 2.75) is 25.4 Å². The quantitative estimate of drug-likeness (QED) is 0.792. The van der Waals surface area contributed by atoms with Crippen LogP contribution in [0.5, 0.6) is 0 Å². The highest BCUT2D eigenvalue weighted by atomic mass is 32.2. The van der Waals surface area contributed by atoms with E-state index in [1.807, 2.05) is 33.4 Å². The van der Waals surface area contributed by atoms with Crippen molar-refractivity contribution >= 4 is 17.7 Å². The fraction of sp³-hybridized carbons (Fsp3) is 0.524. The summed E-state index contributed by atoms with van der Waals surface area (Å²) < 4.78 is 7.09. The van der Waals surface area contributed by atoms with Crippen molar-refractivity contribution in [3.8, 4) is 0 Å². The fourth-order valence-electron chi connectivity index (χ4n) is 4.91. The van der Waals surface area contributed by atoms with Crippen LogP contribution in [0.1, 0.15) is 34.0 Å². The van der Waals surface area contributed by atoms with Crippen LogP contribution < -0.4 is 5.56 Å². The number of hydrogen-bond acceptors (Lipinski definition) is 5. The predicted molar refractivity (Wildman–Crippen MR) is 109 cm³/mol. The average Bonchev–Trinajstić information content (AvgIpc) is 3.22. The van der Waals surface area contributed by atoms with Crippen molar-refractivity contribution in [1.29, 1.82) is 0 Å². The smallest absolute Gasteiger partial charge is 0.263 e. The molecule has 1 amide bonds. The molecule has 2 bridgehead atoms. The molecule has 0 radical (unpaired) electrons. The van der Waals surface area contributed by atoms with Gasteiger partial charge in [-0.15, -0.1) is 0 Å². The van der Waals surface area contributed by atoms with Gasteiger partial charge in [0, 0.05) is 67.9 Å². The van der Waals surface area contributed by atoms with Crippen molar-refractivity contribution in [2.75, 3.05) is 37.7 Å². The first kappa shape index (κ1) is 18.1. The number of piperidine rings is 1. The minimum Gasteiger partial charge on any atom is -0.472 e. The molecule has 3 aliphatic heterocycles. The summed E-state index contributed by atoms with van der Waals surface area (Å²) in [6.45, 7) is 4.99. The minimum absolute atomic E-state index is 0.0984. The topological polar surface area (TPSA) is 58.7 Å². The Balaban J connectivity index is 1.39. The molecule has 0 N–H and O–H groups in total. The van der Waals surface area contributed by atoms with Gasteiger partial charge in [-0.2, -0.15) is 11.8 Å². The van der Waals surface area contributed by atoms with E-state index in [-0.39, 0.29) is 11.5 Å². The second-order valence-electron chi connectivity index (χ2n) is 8.12. The molecule has 2 fully saturated rings. The third-order valence-electron chi connectivity index (χ3n) is 6.19. The number of rotatable bonds is 3. The van der Waals surface area contributed by atoms with Crippen LogP contribution in [0.3, 0.4) is 0 Å². The zero-order chi connectivity index (χ0) is 19.1. The molecule has 3 aliphatic rings. The third kappa shape index (κ3) is 3.31. The Kier molecular flexibility index (Phi) is 4.80. The van der Waals surface area contributed by atoms with Crippen LogP contribution in [0.2, 0.25) is 0 Å². The van der Waals surface area contributed by atoms with Gasteiger partial charge < -0.3 is 13.9 Å². The molecule has 0 aliphatic carbocycles. The molecule has 0 aromatic carbocycles. The summed E-state index contributed by atoms with van der Waals surface area (Å²) in [7, 11) is 0. The summed E-state index contributed by atoms with van der Waals surface area (Å²) >= 11 is 1.86. The molecular formula is C21H25N3O3S.